The van der Waals surface area contributed by atoms with Crippen LogP contribution in [0.25, 0.3) is 0 Å². The van der Waals surface area contributed by atoms with Crippen molar-refractivity contribution < 1.29 is 9.21 Å². The molecule has 1 amide bonds. The van der Waals surface area contributed by atoms with Gasteiger partial charge in [-0.15, -0.1) is 0 Å². The van der Waals surface area contributed by atoms with Gasteiger partial charge < -0.3 is 9.73 Å². The lowest BCUT2D eigenvalue weighted by molar-refractivity contribution is 0.0946. The van der Waals surface area contributed by atoms with E-state index in [1.165, 1.54) is 5.69 Å². The summed E-state index contributed by atoms with van der Waals surface area (Å²) in [5.74, 6) is 1.81. The van der Waals surface area contributed by atoms with Crippen molar-refractivity contribution >= 4 is 5.91 Å². The highest BCUT2D eigenvalue weighted by Gasteiger charge is 2.26. The predicted molar refractivity (Wildman–Crippen MR) is 100 cm³/mol. The van der Waals surface area contributed by atoms with Crippen LogP contribution in [0.3, 0.4) is 0 Å². The molecule has 0 aromatic carbocycles. The van der Waals surface area contributed by atoms with Crippen LogP contribution in [-0.2, 0) is 13.1 Å². The number of amides is 1. The molecule has 0 fully saturated rings. The maximum Gasteiger partial charge on any atom is 0.252 e. The van der Waals surface area contributed by atoms with Gasteiger partial charge in [0, 0.05) is 38.2 Å². The van der Waals surface area contributed by atoms with Gasteiger partial charge in [-0.25, -0.2) is 0 Å². The first kappa shape index (κ1) is 17.5. The van der Waals surface area contributed by atoms with Crippen LogP contribution in [0.5, 0.6) is 0 Å². The Kier molecular flexibility index (Phi) is 5.02. The largest absolute Gasteiger partial charge is 0.465 e. The van der Waals surface area contributed by atoms with Gasteiger partial charge in [-0.1, -0.05) is 0 Å². The molecule has 0 unspecified atom stereocenters. The highest BCUT2D eigenvalue weighted by atomic mass is 16.3. The Labute approximate surface area is 158 Å². The molecule has 3 aromatic heterocycles. The van der Waals surface area contributed by atoms with Crippen molar-refractivity contribution in [3.05, 3.63) is 71.7 Å². The summed E-state index contributed by atoms with van der Waals surface area (Å²) in [4.78, 5) is 18.5. The standard InChI is InChI=1S/C20H23N5O2/c1-15-4-5-19(27-15)14-24-12-17(25-18(13-24)7-10-23-25)6-9-22-20(26)16-3-2-8-21-11-16/h2-5,7-8,10-11,17H,6,9,12-14H2,1H3,(H,22,26)/t17-/m1/s1. The molecule has 1 aliphatic heterocycles. The Morgan fingerprint density at radius 2 is 2.22 bits per heavy atom. The van der Waals surface area contributed by atoms with Gasteiger partial charge in [-0.05, 0) is 43.7 Å². The lowest BCUT2D eigenvalue weighted by Gasteiger charge is -2.33. The topological polar surface area (TPSA) is 76.2 Å². The third-order valence-electron chi connectivity index (χ3n) is 4.81. The first-order valence-electron chi connectivity index (χ1n) is 9.17. The summed E-state index contributed by atoms with van der Waals surface area (Å²) in [6.07, 6.45) is 5.90. The van der Waals surface area contributed by atoms with E-state index in [1.807, 2.05) is 25.3 Å². The maximum absolute atomic E-state index is 12.2. The molecule has 1 aliphatic rings. The molecule has 4 rings (SSSR count). The summed E-state index contributed by atoms with van der Waals surface area (Å²) in [6.45, 7) is 5.04. The molecule has 0 saturated heterocycles. The Morgan fingerprint density at radius 1 is 1.30 bits per heavy atom. The second-order valence-corrected chi connectivity index (χ2v) is 6.89. The monoisotopic (exact) mass is 365 g/mol. The zero-order valence-electron chi connectivity index (χ0n) is 15.3. The Morgan fingerprint density at radius 3 is 3.00 bits per heavy atom. The van der Waals surface area contributed by atoms with Gasteiger partial charge in [0.15, 0.2) is 0 Å². The minimum absolute atomic E-state index is 0.0949. The molecule has 7 nitrogen and oxygen atoms in total. The Balaban J connectivity index is 1.37. The third kappa shape index (κ3) is 4.09. The van der Waals surface area contributed by atoms with Gasteiger partial charge >= 0.3 is 0 Å². The average Bonchev–Trinajstić information content (AvgIpc) is 3.31. The molecule has 0 bridgehead atoms. The molecule has 140 valence electrons. The number of furan rings is 1. The summed E-state index contributed by atoms with van der Waals surface area (Å²) in [5, 5.41) is 7.46. The van der Waals surface area contributed by atoms with Gasteiger partial charge in [0.25, 0.3) is 5.91 Å². The summed E-state index contributed by atoms with van der Waals surface area (Å²) < 4.78 is 7.81. The quantitative estimate of drug-likeness (QED) is 0.726. The number of carbonyl (C=O) groups excluding carboxylic acids is 1. The molecular formula is C20H23N5O2. The number of aryl methyl sites for hydroxylation is 1. The molecule has 0 saturated carbocycles. The molecular weight excluding hydrogens is 342 g/mol. The summed E-state index contributed by atoms with van der Waals surface area (Å²) in [5.41, 5.74) is 1.77. The number of rotatable bonds is 6. The highest BCUT2D eigenvalue weighted by Crippen LogP contribution is 2.24. The molecule has 0 radical (unpaired) electrons. The van der Waals surface area contributed by atoms with Crippen LogP contribution >= 0.6 is 0 Å². The second-order valence-electron chi connectivity index (χ2n) is 6.89. The summed E-state index contributed by atoms with van der Waals surface area (Å²) in [7, 11) is 0. The summed E-state index contributed by atoms with van der Waals surface area (Å²) >= 11 is 0. The lowest BCUT2D eigenvalue weighted by Crippen LogP contribution is -2.38. The van der Waals surface area contributed by atoms with Crippen LogP contribution in [0, 0.1) is 6.92 Å². The number of aromatic nitrogens is 3. The van der Waals surface area contributed by atoms with E-state index >= 15 is 0 Å². The number of pyridine rings is 1. The molecule has 0 aliphatic carbocycles. The van der Waals surface area contributed by atoms with E-state index in [-0.39, 0.29) is 11.9 Å². The number of nitrogens with one attached hydrogen (secondary N) is 1. The van der Waals surface area contributed by atoms with Crippen molar-refractivity contribution in [3.8, 4) is 0 Å². The molecule has 1 N–H and O–H groups in total. The molecule has 7 heteroatoms. The lowest BCUT2D eigenvalue weighted by atomic mass is 10.1. The molecule has 4 heterocycles. The van der Waals surface area contributed by atoms with Crippen molar-refractivity contribution in [1.82, 2.24) is 25.0 Å². The van der Waals surface area contributed by atoms with Gasteiger partial charge in [0.1, 0.15) is 11.5 Å². The second kappa shape index (κ2) is 7.75. The van der Waals surface area contributed by atoms with E-state index < -0.39 is 0 Å². The van der Waals surface area contributed by atoms with Gasteiger partial charge in [0.05, 0.1) is 23.8 Å². The van der Waals surface area contributed by atoms with Crippen molar-refractivity contribution in [3.63, 3.8) is 0 Å². The van der Waals surface area contributed by atoms with E-state index in [0.717, 1.165) is 37.6 Å². The van der Waals surface area contributed by atoms with Crippen molar-refractivity contribution in [2.24, 2.45) is 0 Å². The fraction of sp³-hybridized carbons (Fsp3) is 0.350. The smallest absolute Gasteiger partial charge is 0.252 e. The number of hydrogen-bond acceptors (Lipinski definition) is 5. The fourth-order valence-electron chi connectivity index (χ4n) is 3.54. The normalized spacial score (nSPS) is 16.9. The van der Waals surface area contributed by atoms with Gasteiger partial charge in [-0.3, -0.25) is 19.4 Å². The number of hydrogen-bond donors (Lipinski definition) is 1. The first-order chi connectivity index (χ1) is 13.2. The van der Waals surface area contributed by atoms with Crippen LogP contribution in [0.15, 0.2) is 53.3 Å². The number of fused-ring (bicyclic) bond motifs is 1. The zero-order chi connectivity index (χ0) is 18.6. The predicted octanol–water partition coefficient (Wildman–Crippen LogP) is 2.56. The number of carbonyl (C=O) groups is 1. The fourth-order valence-corrected chi connectivity index (χ4v) is 3.54. The van der Waals surface area contributed by atoms with E-state index in [2.05, 4.69) is 31.0 Å². The van der Waals surface area contributed by atoms with Crippen molar-refractivity contribution in [2.75, 3.05) is 13.1 Å². The van der Waals surface area contributed by atoms with Crippen LogP contribution in [0.1, 0.15) is 40.0 Å². The molecule has 0 spiro atoms. The van der Waals surface area contributed by atoms with E-state index in [0.29, 0.717) is 12.1 Å². The minimum atomic E-state index is -0.0949. The SMILES string of the molecule is Cc1ccc(CN2Cc3ccnn3[C@H](CCNC(=O)c3cccnc3)C2)o1. The van der Waals surface area contributed by atoms with E-state index in [4.69, 9.17) is 4.42 Å². The van der Waals surface area contributed by atoms with Crippen molar-refractivity contribution in [2.45, 2.75) is 32.5 Å². The minimum Gasteiger partial charge on any atom is -0.465 e. The zero-order valence-corrected chi connectivity index (χ0v) is 15.3. The molecule has 27 heavy (non-hydrogen) atoms. The Bertz CT molecular complexity index is 902. The first-order valence-corrected chi connectivity index (χ1v) is 9.17. The van der Waals surface area contributed by atoms with E-state index in [1.54, 1.807) is 24.5 Å². The molecule has 1 atom stereocenters. The molecule has 3 aromatic rings. The maximum atomic E-state index is 12.2. The van der Waals surface area contributed by atoms with E-state index in [9.17, 15) is 4.79 Å². The van der Waals surface area contributed by atoms with Crippen LogP contribution in [0.2, 0.25) is 0 Å². The Hall–Kier alpha value is -2.93. The average molecular weight is 365 g/mol. The third-order valence-corrected chi connectivity index (χ3v) is 4.81. The van der Waals surface area contributed by atoms with Crippen LogP contribution in [-0.4, -0.2) is 38.7 Å². The number of nitrogens with zero attached hydrogens (tertiary/aromatic N) is 4. The van der Waals surface area contributed by atoms with Gasteiger partial charge in [-0.2, -0.15) is 5.10 Å². The van der Waals surface area contributed by atoms with Crippen LogP contribution < -0.4 is 5.32 Å². The van der Waals surface area contributed by atoms with Crippen LogP contribution in [0.4, 0.5) is 0 Å². The van der Waals surface area contributed by atoms with Gasteiger partial charge in [0.2, 0.25) is 0 Å². The highest BCUT2D eigenvalue weighted by molar-refractivity contribution is 5.93. The summed E-state index contributed by atoms with van der Waals surface area (Å²) in [6, 6.07) is 9.83. The van der Waals surface area contributed by atoms with Crippen molar-refractivity contribution in [1.29, 1.82) is 0 Å².